The molecule has 0 aromatic rings. The van der Waals surface area contributed by atoms with Crippen LogP contribution in [0, 0.1) is 11.8 Å². The van der Waals surface area contributed by atoms with Crippen molar-refractivity contribution in [1.29, 1.82) is 0 Å². The van der Waals surface area contributed by atoms with Crippen LogP contribution in [0.3, 0.4) is 0 Å². The number of allylic oxidation sites excluding steroid dienone is 4. The SMILES string of the molecule is C=C/C=C(/C#CCC)C=C. The van der Waals surface area contributed by atoms with Crippen molar-refractivity contribution in [1.82, 2.24) is 0 Å². The Morgan fingerprint density at radius 1 is 1.50 bits per heavy atom. The predicted octanol–water partition coefficient (Wildman–Crippen LogP) is 2.70. The third-order valence-corrected chi connectivity index (χ3v) is 0.927. The summed E-state index contributed by atoms with van der Waals surface area (Å²) in [6, 6.07) is 0. The number of rotatable bonds is 2. The summed E-state index contributed by atoms with van der Waals surface area (Å²) in [5.74, 6) is 5.89. The second-order valence-corrected chi connectivity index (χ2v) is 1.72. The van der Waals surface area contributed by atoms with Crippen LogP contribution in [0.15, 0.2) is 37.0 Å². The van der Waals surface area contributed by atoms with Gasteiger partial charge in [0.1, 0.15) is 0 Å². The molecule has 0 atom stereocenters. The maximum absolute atomic E-state index is 3.61. The van der Waals surface area contributed by atoms with E-state index in [0.717, 1.165) is 12.0 Å². The Kier molecular flexibility index (Phi) is 5.19. The first-order valence-corrected chi connectivity index (χ1v) is 3.29. The highest BCUT2D eigenvalue weighted by Gasteiger charge is 1.77. The fourth-order valence-corrected chi connectivity index (χ4v) is 0.478. The summed E-state index contributed by atoms with van der Waals surface area (Å²) in [6.07, 6.45) is 6.16. The zero-order chi connectivity index (χ0) is 7.82. The van der Waals surface area contributed by atoms with Gasteiger partial charge < -0.3 is 0 Å². The molecule has 0 heteroatoms. The fraction of sp³-hybridized carbons (Fsp3) is 0.200. The highest BCUT2D eigenvalue weighted by atomic mass is 13.8. The molecule has 0 aromatic carbocycles. The summed E-state index contributed by atoms with van der Waals surface area (Å²) in [7, 11) is 0. The molecule has 0 unspecified atom stereocenters. The highest BCUT2D eigenvalue weighted by Crippen LogP contribution is 1.92. The summed E-state index contributed by atoms with van der Waals surface area (Å²) >= 11 is 0. The van der Waals surface area contributed by atoms with Crippen molar-refractivity contribution in [3.63, 3.8) is 0 Å². The predicted molar refractivity (Wildman–Crippen MR) is 46.5 cm³/mol. The monoisotopic (exact) mass is 132 g/mol. The maximum Gasteiger partial charge on any atom is 0.0239 e. The van der Waals surface area contributed by atoms with Crippen LogP contribution in [-0.2, 0) is 0 Å². The van der Waals surface area contributed by atoms with E-state index < -0.39 is 0 Å². The lowest BCUT2D eigenvalue weighted by Crippen LogP contribution is -1.67. The van der Waals surface area contributed by atoms with Crippen LogP contribution in [0.5, 0.6) is 0 Å². The van der Waals surface area contributed by atoms with Gasteiger partial charge in [0.15, 0.2) is 0 Å². The molecule has 0 fully saturated rings. The van der Waals surface area contributed by atoms with Crippen molar-refractivity contribution in [3.8, 4) is 11.8 Å². The molecule has 0 aliphatic heterocycles. The van der Waals surface area contributed by atoms with E-state index in [1.165, 1.54) is 0 Å². The summed E-state index contributed by atoms with van der Waals surface area (Å²) in [5.41, 5.74) is 0.928. The number of hydrogen-bond donors (Lipinski definition) is 0. The van der Waals surface area contributed by atoms with Crippen LogP contribution in [-0.4, -0.2) is 0 Å². The fourth-order valence-electron chi connectivity index (χ4n) is 0.478. The summed E-state index contributed by atoms with van der Waals surface area (Å²) in [6.45, 7) is 9.19. The highest BCUT2D eigenvalue weighted by molar-refractivity contribution is 5.38. The van der Waals surface area contributed by atoms with E-state index in [9.17, 15) is 0 Å². The van der Waals surface area contributed by atoms with Crippen LogP contribution < -0.4 is 0 Å². The van der Waals surface area contributed by atoms with E-state index >= 15 is 0 Å². The van der Waals surface area contributed by atoms with Gasteiger partial charge in [0.25, 0.3) is 0 Å². The van der Waals surface area contributed by atoms with Crippen molar-refractivity contribution in [2.45, 2.75) is 13.3 Å². The first kappa shape index (κ1) is 8.78. The maximum atomic E-state index is 3.61. The molecule has 0 aliphatic rings. The molecule has 0 N–H and O–H groups in total. The van der Waals surface area contributed by atoms with Crippen LogP contribution in [0.1, 0.15) is 13.3 Å². The molecule has 0 aliphatic carbocycles. The van der Waals surface area contributed by atoms with Crippen LogP contribution in [0.4, 0.5) is 0 Å². The van der Waals surface area contributed by atoms with Crippen molar-refractivity contribution in [3.05, 3.63) is 37.0 Å². The van der Waals surface area contributed by atoms with Gasteiger partial charge in [-0.1, -0.05) is 44.1 Å². The molecule has 0 aromatic heterocycles. The zero-order valence-electron chi connectivity index (χ0n) is 6.35. The standard InChI is InChI=1S/C10H12/c1-4-7-9-10(6-3)8-5-2/h5-6,8H,2-4H2,1H3/b10-8+. The Balaban J connectivity index is 4.21. The van der Waals surface area contributed by atoms with E-state index in [4.69, 9.17) is 0 Å². The van der Waals surface area contributed by atoms with Crippen molar-refractivity contribution < 1.29 is 0 Å². The van der Waals surface area contributed by atoms with Gasteiger partial charge in [0, 0.05) is 12.0 Å². The normalized spacial score (nSPS) is 9.50. The average Bonchev–Trinajstić information content (AvgIpc) is 1.98. The lowest BCUT2D eigenvalue weighted by molar-refractivity contribution is 1.28. The van der Waals surface area contributed by atoms with Gasteiger partial charge in [-0.15, -0.1) is 0 Å². The Bertz CT molecular complexity index is 196. The first-order valence-electron chi connectivity index (χ1n) is 3.29. The third-order valence-electron chi connectivity index (χ3n) is 0.927. The van der Waals surface area contributed by atoms with Crippen LogP contribution in [0.25, 0.3) is 0 Å². The Labute approximate surface area is 63.0 Å². The minimum absolute atomic E-state index is 0.877. The van der Waals surface area contributed by atoms with Crippen LogP contribution in [0.2, 0.25) is 0 Å². The third kappa shape index (κ3) is 3.74. The summed E-state index contributed by atoms with van der Waals surface area (Å²) in [5, 5.41) is 0. The van der Waals surface area contributed by atoms with E-state index in [2.05, 4.69) is 25.0 Å². The molecule has 0 amide bonds. The molecule has 0 spiro atoms. The molecule has 0 saturated carbocycles. The van der Waals surface area contributed by atoms with E-state index in [1.54, 1.807) is 12.2 Å². The molecule has 0 rings (SSSR count). The van der Waals surface area contributed by atoms with E-state index in [0.29, 0.717) is 0 Å². The minimum Gasteiger partial charge on any atom is -0.0990 e. The minimum atomic E-state index is 0.877. The van der Waals surface area contributed by atoms with Gasteiger partial charge in [-0.3, -0.25) is 0 Å². The van der Waals surface area contributed by atoms with Gasteiger partial charge in [-0.05, 0) is 6.08 Å². The lowest BCUT2D eigenvalue weighted by atomic mass is 10.2. The van der Waals surface area contributed by atoms with Gasteiger partial charge >= 0.3 is 0 Å². The van der Waals surface area contributed by atoms with Crippen molar-refractivity contribution in [2.24, 2.45) is 0 Å². The van der Waals surface area contributed by atoms with E-state index in [1.807, 2.05) is 13.0 Å². The second-order valence-electron chi connectivity index (χ2n) is 1.72. The molecule has 0 bridgehead atoms. The lowest BCUT2D eigenvalue weighted by Gasteiger charge is -1.82. The Morgan fingerprint density at radius 2 is 2.20 bits per heavy atom. The molecule has 0 heterocycles. The molecule has 52 valence electrons. The smallest absolute Gasteiger partial charge is 0.0239 e. The molecule has 0 saturated heterocycles. The number of hydrogen-bond acceptors (Lipinski definition) is 0. The van der Waals surface area contributed by atoms with E-state index in [-0.39, 0.29) is 0 Å². The molecule has 10 heavy (non-hydrogen) atoms. The topological polar surface area (TPSA) is 0 Å². The van der Waals surface area contributed by atoms with Gasteiger partial charge in [0.05, 0.1) is 0 Å². The summed E-state index contributed by atoms with van der Waals surface area (Å²) < 4.78 is 0. The van der Waals surface area contributed by atoms with Gasteiger partial charge in [0.2, 0.25) is 0 Å². The molecule has 0 radical (unpaired) electrons. The Morgan fingerprint density at radius 3 is 2.60 bits per heavy atom. The largest absolute Gasteiger partial charge is 0.0990 e. The van der Waals surface area contributed by atoms with Crippen molar-refractivity contribution >= 4 is 0 Å². The Hall–Kier alpha value is -1.22. The average molecular weight is 132 g/mol. The quantitative estimate of drug-likeness (QED) is 0.400. The van der Waals surface area contributed by atoms with Gasteiger partial charge in [-0.25, -0.2) is 0 Å². The van der Waals surface area contributed by atoms with Crippen molar-refractivity contribution in [2.75, 3.05) is 0 Å². The molecular formula is C10H12. The van der Waals surface area contributed by atoms with Crippen LogP contribution >= 0.6 is 0 Å². The molecular weight excluding hydrogens is 120 g/mol. The first-order chi connectivity index (χ1) is 4.85. The zero-order valence-corrected chi connectivity index (χ0v) is 6.35. The molecule has 0 nitrogen and oxygen atoms in total. The summed E-state index contributed by atoms with van der Waals surface area (Å²) in [4.78, 5) is 0. The second kappa shape index (κ2) is 5.91. The van der Waals surface area contributed by atoms with Gasteiger partial charge in [-0.2, -0.15) is 0 Å².